The Balaban J connectivity index is 1.48. The van der Waals surface area contributed by atoms with E-state index in [1.807, 2.05) is 11.9 Å². The number of fused-ring (bicyclic) bond motifs is 1. The number of likely N-dealkylation sites (N-methyl/N-ethyl adjacent to an activating group) is 1. The topological polar surface area (TPSA) is 112 Å². The van der Waals surface area contributed by atoms with Crippen LogP contribution in [0, 0.1) is 0 Å². The van der Waals surface area contributed by atoms with Crippen LogP contribution in [-0.4, -0.2) is 79.7 Å². The Morgan fingerprint density at radius 3 is 2.22 bits per heavy atom. The number of nitrogens with zero attached hydrogens (tertiary/aromatic N) is 4. The first kappa shape index (κ1) is 24.0. The van der Waals surface area contributed by atoms with E-state index in [1.165, 1.54) is 30.5 Å². The Kier molecular flexibility index (Phi) is 6.48. The van der Waals surface area contributed by atoms with E-state index in [0.717, 1.165) is 13.1 Å². The third kappa shape index (κ3) is 4.70. The van der Waals surface area contributed by atoms with E-state index in [4.69, 9.17) is 0 Å². The van der Waals surface area contributed by atoms with E-state index in [2.05, 4.69) is 19.6 Å². The van der Waals surface area contributed by atoms with Crippen molar-refractivity contribution in [1.82, 2.24) is 14.8 Å². The summed E-state index contributed by atoms with van der Waals surface area (Å²) in [6.07, 6.45) is 1.49. The molecule has 1 saturated heterocycles. The van der Waals surface area contributed by atoms with Gasteiger partial charge in [-0.2, -0.15) is 0 Å². The molecular weight excluding hydrogens is 478 g/mol. The smallest absolute Gasteiger partial charge is 0.263 e. The van der Waals surface area contributed by atoms with E-state index in [0.29, 0.717) is 29.9 Å². The van der Waals surface area contributed by atoms with Gasteiger partial charge in [-0.1, -0.05) is 30.3 Å². The van der Waals surface area contributed by atoms with Crippen LogP contribution < -0.4 is 4.72 Å². The van der Waals surface area contributed by atoms with Crippen molar-refractivity contribution in [1.29, 1.82) is 0 Å². The number of aromatic nitrogens is 1. The highest BCUT2D eigenvalue weighted by atomic mass is 32.2. The number of rotatable bonds is 5. The molecule has 0 spiro atoms. The quantitative estimate of drug-likeness (QED) is 0.570. The number of sulfonamides is 1. The number of Topliss-reactive ketones (excluding diaryl/α,β-unsaturated/α-hetero) is 2. The average Bonchev–Trinajstić information content (AvgIpc) is 2.89. The van der Waals surface area contributed by atoms with Crippen LogP contribution in [0.15, 0.2) is 82.8 Å². The molecule has 5 rings (SSSR count). The van der Waals surface area contributed by atoms with Crippen molar-refractivity contribution in [3.8, 4) is 0 Å². The average molecular weight is 504 g/mol. The maximum Gasteiger partial charge on any atom is 0.263 e. The summed E-state index contributed by atoms with van der Waals surface area (Å²) in [7, 11) is -1.83. The van der Waals surface area contributed by atoms with Crippen LogP contribution in [0.4, 0.5) is 11.5 Å². The van der Waals surface area contributed by atoms with Crippen LogP contribution >= 0.6 is 0 Å². The lowest BCUT2D eigenvalue weighted by molar-refractivity contribution is 0.0778. The monoisotopic (exact) mass is 503 g/mol. The third-order valence-corrected chi connectivity index (χ3v) is 7.75. The van der Waals surface area contributed by atoms with Crippen molar-refractivity contribution in [3.63, 3.8) is 0 Å². The van der Waals surface area contributed by atoms with Crippen LogP contribution in [0.5, 0.6) is 0 Å². The number of carbonyl (C=O) groups is 2. The normalized spacial score (nSPS) is 20.4. The first-order valence-electron chi connectivity index (χ1n) is 11.6. The molecule has 9 nitrogen and oxygen atoms in total. The standard InChI is InChI=1S/C26H25N5O4S/c1-30-14-16-31(17-15-30)24-23(25(32)20-6-2-3-7-21(20)26(24)33)28-18-9-11-19(12-10-18)36(34,35)29-22-8-4-5-13-27-22/h2-13,24H,14-17H2,1H3,(H,27,29). The highest BCUT2D eigenvalue weighted by molar-refractivity contribution is 7.92. The third-order valence-electron chi connectivity index (χ3n) is 6.38. The summed E-state index contributed by atoms with van der Waals surface area (Å²) in [5.74, 6) is -0.225. The molecule has 1 aliphatic heterocycles. The molecule has 36 heavy (non-hydrogen) atoms. The number of nitrogens with one attached hydrogen (secondary N) is 1. The number of hydrogen-bond donors (Lipinski definition) is 1. The van der Waals surface area contributed by atoms with Gasteiger partial charge in [0.2, 0.25) is 5.78 Å². The number of pyridine rings is 1. The molecule has 3 aromatic rings. The summed E-state index contributed by atoms with van der Waals surface area (Å²) in [5, 5.41) is 0. The summed E-state index contributed by atoms with van der Waals surface area (Å²) in [5.41, 5.74) is 1.30. The predicted octanol–water partition coefficient (Wildman–Crippen LogP) is 2.65. The first-order chi connectivity index (χ1) is 17.3. The molecule has 0 radical (unpaired) electrons. The fourth-order valence-electron chi connectivity index (χ4n) is 4.42. The fourth-order valence-corrected chi connectivity index (χ4v) is 5.43. The van der Waals surface area contributed by atoms with Crippen LogP contribution in [0.3, 0.4) is 0 Å². The van der Waals surface area contributed by atoms with Crippen molar-refractivity contribution >= 4 is 38.8 Å². The number of carbonyl (C=O) groups excluding carboxylic acids is 2. The highest BCUT2D eigenvalue weighted by Crippen LogP contribution is 2.27. The van der Waals surface area contributed by atoms with Gasteiger partial charge in [0.1, 0.15) is 17.6 Å². The van der Waals surface area contributed by atoms with Gasteiger partial charge in [-0.05, 0) is 43.4 Å². The van der Waals surface area contributed by atoms with Crippen molar-refractivity contribution in [2.75, 3.05) is 37.9 Å². The molecule has 1 unspecified atom stereocenters. The lowest BCUT2D eigenvalue weighted by Crippen LogP contribution is -2.57. The minimum absolute atomic E-state index is 0.0316. The zero-order chi connectivity index (χ0) is 25.3. The highest BCUT2D eigenvalue weighted by Gasteiger charge is 2.42. The summed E-state index contributed by atoms with van der Waals surface area (Å²) < 4.78 is 27.9. The molecular formula is C26H25N5O4S. The number of piperazine rings is 1. The van der Waals surface area contributed by atoms with Gasteiger partial charge in [-0.3, -0.25) is 19.2 Å². The van der Waals surface area contributed by atoms with Crippen molar-refractivity contribution in [2.24, 2.45) is 4.99 Å². The Labute approximate surface area is 209 Å². The molecule has 0 saturated carbocycles. The van der Waals surface area contributed by atoms with Gasteiger partial charge in [-0.25, -0.2) is 18.4 Å². The second-order valence-electron chi connectivity index (χ2n) is 8.79. The molecule has 2 heterocycles. The van der Waals surface area contributed by atoms with Crippen molar-refractivity contribution in [2.45, 2.75) is 10.9 Å². The van der Waals surface area contributed by atoms with E-state index in [-0.39, 0.29) is 28.0 Å². The van der Waals surface area contributed by atoms with Gasteiger partial charge in [0.05, 0.1) is 10.6 Å². The summed E-state index contributed by atoms with van der Waals surface area (Å²) >= 11 is 0. The van der Waals surface area contributed by atoms with Gasteiger partial charge in [-0.15, -0.1) is 0 Å². The fraction of sp³-hybridized carbons (Fsp3) is 0.231. The molecule has 1 aromatic heterocycles. The van der Waals surface area contributed by atoms with E-state index < -0.39 is 16.1 Å². The minimum Gasteiger partial charge on any atom is -0.304 e. The second-order valence-corrected chi connectivity index (χ2v) is 10.5. The van der Waals surface area contributed by atoms with Gasteiger partial charge < -0.3 is 4.90 Å². The maximum atomic E-state index is 13.5. The Hall–Kier alpha value is -3.73. The molecule has 1 atom stereocenters. The number of anilines is 1. The Bertz CT molecular complexity index is 1430. The molecule has 1 N–H and O–H groups in total. The molecule has 1 aliphatic carbocycles. The van der Waals surface area contributed by atoms with E-state index in [1.54, 1.807) is 42.5 Å². The van der Waals surface area contributed by atoms with E-state index >= 15 is 0 Å². The van der Waals surface area contributed by atoms with Crippen LogP contribution in [0.25, 0.3) is 0 Å². The summed E-state index contributed by atoms with van der Waals surface area (Å²) in [6, 6.07) is 16.8. The maximum absolute atomic E-state index is 13.5. The summed E-state index contributed by atoms with van der Waals surface area (Å²) in [6.45, 7) is 2.83. The van der Waals surface area contributed by atoms with Gasteiger partial charge in [0.15, 0.2) is 5.78 Å². The van der Waals surface area contributed by atoms with E-state index in [9.17, 15) is 18.0 Å². The van der Waals surface area contributed by atoms with Crippen molar-refractivity contribution < 1.29 is 18.0 Å². The Morgan fingerprint density at radius 2 is 1.56 bits per heavy atom. The van der Waals surface area contributed by atoms with Gasteiger partial charge in [0.25, 0.3) is 10.0 Å². The van der Waals surface area contributed by atoms with Gasteiger partial charge in [0, 0.05) is 43.5 Å². The first-order valence-corrected chi connectivity index (χ1v) is 13.0. The van der Waals surface area contributed by atoms with Crippen LogP contribution in [0.1, 0.15) is 20.7 Å². The van der Waals surface area contributed by atoms with Crippen molar-refractivity contribution in [3.05, 3.63) is 84.1 Å². The predicted molar refractivity (Wildman–Crippen MR) is 137 cm³/mol. The zero-order valence-corrected chi connectivity index (χ0v) is 20.5. The largest absolute Gasteiger partial charge is 0.304 e. The van der Waals surface area contributed by atoms with Gasteiger partial charge >= 0.3 is 0 Å². The van der Waals surface area contributed by atoms with Crippen LogP contribution in [0.2, 0.25) is 0 Å². The lowest BCUT2D eigenvalue weighted by Gasteiger charge is -2.39. The number of hydrogen-bond acceptors (Lipinski definition) is 8. The number of aliphatic imine (C=N–C) groups is 1. The molecule has 10 heteroatoms. The number of ketones is 2. The Morgan fingerprint density at radius 1 is 0.889 bits per heavy atom. The zero-order valence-electron chi connectivity index (χ0n) is 19.7. The minimum atomic E-state index is -3.85. The molecule has 2 aliphatic rings. The molecule has 184 valence electrons. The molecule has 0 bridgehead atoms. The summed E-state index contributed by atoms with van der Waals surface area (Å²) in [4.78, 5) is 39.8. The molecule has 2 aromatic carbocycles. The SMILES string of the molecule is CN1CCN(C2C(=O)c3ccccc3C(=O)C2=Nc2ccc(S(=O)(=O)Nc3ccccn3)cc2)CC1. The molecule has 1 fully saturated rings. The number of benzene rings is 2. The second kappa shape index (κ2) is 9.73. The lowest BCUT2D eigenvalue weighted by atomic mass is 9.83. The van der Waals surface area contributed by atoms with Crippen LogP contribution in [-0.2, 0) is 10.0 Å². The molecule has 0 amide bonds.